The predicted octanol–water partition coefficient (Wildman–Crippen LogP) is 3.53. The summed E-state index contributed by atoms with van der Waals surface area (Å²) in [4.78, 5) is 0. The maximum atomic E-state index is 13.9. The Morgan fingerprint density at radius 3 is 2.63 bits per heavy atom. The van der Waals surface area contributed by atoms with Crippen LogP contribution >= 0.6 is 11.6 Å². The zero-order chi connectivity index (χ0) is 13.8. The first-order valence-corrected chi connectivity index (χ1v) is 6.45. The van der Waals surface area contributed by atoms with Crippen LogP contribution in [0.4, 0.5) is 4.39 Å². The number of nitrogens with two attached hydrogens (primary N) is 1. The van der Waals surface area contributed by atoms with Crippen molar-refractivity contribution >= 4 is 11.6 Å². The van der Waals surface area contributed by atoms with Crippen LogP contribution in [0.25, 0.3) is 0 Å². The van der Waals surface area contributed by atoms with Crippen LogP contribution in [0.1, 0.15) is 22.7 Å². The van der Waals surface area contributed by atoms with Crippen LogP contribution in [-0.4, -0.2) is 0 Å². The second kappa shape index (κ2) is 6.15. The lowest BCUT2D eigenvalue weighted by Gasteiger charge is -2.18. The van der Waals surface area contributed by atoms with Crippen LogP contribution in [0.3, 0.4) is 0 Å². The minimum absolute atomic E-state index is 0.344. The van der Waals surface area contributed by atoms with Crippen molar-refractivity contribution in [2.45, 2.75) is 19.4 Å². The quantitative estimate of drug-likeness (QED) is 0.663. The molecule has 100 valence electrons. The first-order chi connectivity index (χ1) is 9.11. The Morgan fingerprint density at radius 1 is 1.26 bits per heavy atom. The highest BCUT2D eigenvalue weighted by Gasteiger charge is 2.18. The highest BCUT2D eigenvalue weighted by Crippen LogP contribution is 2.28. The zero-order valence-electron chi connectivity index (χ0n) is 10.7. The van der Waals surface area contributed by atoms with Crippen molar-refractivity contribution in [2.24, 2.45) is 5.84 Å². The SMILES string of the molecule is Cc1cccc(CC(NN)c2c(F)cccc2Cl)c1. The van der Waals surface area contributed by atoms with Gasteiger partial charge in [-0.3, -0.25) is 11.3 Å². The van der Waals surface area contributed by atoms with Gasteiger partial charge in [0.05, 0.1) is 6.04 Å². The third-order valence-corrected chi connectivity index (χ3v) is 3.40. The van der Waals surface area contributed by atoms with E-state index in [0.717, 1.165) is 11.1 Å². The van der Waals surface area contributed by atoms with E-state index in [-0.39, 0.29) is 11.9 Å². The standard InChI is InChI=1S/C15H16ClFN2/c1-10-4-2-5-11(8-10)9-14(19-18)15-12(16)6-3-7-13(15)17/h2-8,14,19H,9,18H2,1H3. The summed E-state index contributed by atoms with van der Waals surface area (Å²) < 4.78 is 13.9. The molecular weight excluding hydrogens is 263 g/mol. The summed E-state index contributed by atoms with van der Waals surface area (Å²) >= 11 is 6.06. The summed E-state index contributed by atoms with van der Waals surface area (Å²) in [5, 5.41) is 0.385. The third-order valence-electron chi connectivity index (χ3n) is 3.07. The van der Waals surface area contributed by atoms with E-state index in [1.807, 2.05) is 25.1 Å². The monoisotopic (exact) mass is 278 g/mol. The Bertz CT molecular complexity index is 552. The molecular formula is C15H16ClFN2. The number of benzene rings is 2. The summed E-state index contributed by atoms with van der Waals surface area (Å²) in [5.74, 6) is 5.21. The largest absolute Gasteiger partial charge is 0.271 e. The van der Waals surface area contributed by atoms with Gasteiger partial charge in [0, 0.05) is 10.6 Å². The molecule has 2 aromatic rings. The molecule has 0 fully saturated rings. The predicted molar refractivity (Wildman–Crippen MR) is 76.4 cm³/mol. The first kappa shape index (κ1) is 14.0. The average Bonchev–Trinajstić information content (AvgIpc) is 2.37. The summed E-state index contributed by atoms with van der Waals surface area (Å²) in [7, 11) is 0. The molecule has 3 N–H and O–H groups in total. The van der Waals surface area contributed by atoms with Crippen molar-refractivity contribution in [1.82, 2.24) is 5.43 Å². The van der Waals surface area contributed by atoms with Gasteiger partial charge in [-0.2, -0.15) is 0 Å². The van der Waals surface area contributed by atoms with Gasteiger partial charge in [-0.25, -0.2) is 4.39 Å². The van der Waals surface area contributed by atoms with Crippen LogP contribution in [0, 0.1) is 12.7 Å². The number of rotatable bonds is 4. The van der Waals surface area contributed by atoms with E-state index >= 15 is 0 Å². The molecule has 1 unspecified atom stereocenters. The van der Waals surface area contributed by atoms with E-state index in [2.05, 4.69) is 11.5 Å². The van der Waals surface area contributed by atoms with E-state index in [4.69, 9.17) is 17.4 Å². The number of hydrazine groups is 1. The molecule has 0 saturated carbocycles. The van der Waals surface area contributed by atoms with E-state index in [9.17, 15) is 4.39 Å². The van der Waals surface area contributed by atoms with Gasteiger partial charge < -0.3 is 0 Å². The molecule has 0 aliphatic rings. The van der Waals surface area contributed by atoms with Crippen molar-refractivity contribution in [3.63, 3.8) is 0 Å². The van der Waals surface area contributed by atoms with Crippen LogP contribution < -0.4 is 11.3 Å². The molecule has 0 spiro atoms. The number of halogens is 2. The van der Waals surface area contributed by atoms with Gasteiger partial charge in [0.1, 0.15) is 5.82 Å². The maximum absolute atomic E-state index is 13.9. The molecule has 2 nitrogen and oxygen atoms in total. The smallest absolute Gasteiger partial charge is 0.129 e. The van der Waals surface area contributed by atoms with Crippen LogP contribution in [0.2, 0.25) is 5.02 Å². The molecule has 0 saturated heterocycles. The maximum Gasteiger partial charge on any atom is 0.129 e. The number of hydrogen-bond acceptors (Lipinski definition) is 2. The number of nitrogens with one attached hydrogen (secondary N) is 1. The zero-order valence-corrected chi connectivity index (χ0v) is 11.4. The normalized spacial score (nSPS) is 12.4. The van der Waals surface area contributed by atoms with Crippen LogP contribution in [0.15, 0.2) is 42.5 Å². The molecule has 0 aromatic heterocycles. The number of aryl methyl sites for hydroxylation is 1. The fraction of sp³-hybridized carbons (Fsp3) is 0.200. The molecule has 0 aliphatic heterocycles. The number of hydrogen-bond donors (Lipinski definition) is 2. The van der Waals surface area contributed by atoms with Gasteiger partial charge >= 0.3 is 0 Å². The summed E-state index contributed by atoms with van der Waals surface area (Å²) in [6.45, 7) is 2.02. The molecule has 4 heteroatoms. The van der Waals surface area contributed by atoms with Crippen molar-refractivity contribution in [3.8, 4) is 0 Å². The van der Waals surface area contributed by atoms with E-state index in [1.165, 1.54) is 6.07 Å². The Kier molecular flexibility index (Phi) is 4.53. The van der Waals surface area contributed by atoms with Gasteiger partial charge in [-0.15, -0.1) is 0 Å². The minimum atomic E-state index is -0.351. The highest BCUT2D eigenvalue weighted by molar-refractivity contribution is 6.31. The molecule has 0 amide bonds. The molecule has 2 rings (SSSR count). The lowest BCUT2D eigenvalue weighted by molar-refractivity contribution is 0.511. The molecule has 0 radical (unpaired) electrons. The second-order valence-corrected chi connectivity index (χ2v) is 4.95. The van der Waals surface area contributed by atoms with Gasteiger partial charge in [0.15, 0.2) is 0 Å². The molecule has 19 heavy (non-hydrogen) atoms. The van der Waals surface area contributed by atoms with Crippen molar-refractivity contribution in [2.75, 3.05) is 0 Å². The first-order valence-electron chi connectivity index (χ1n) is 6.07. The Balaban J connectivity index is 2.30. The van der Waals surface area contributed by atoms with E-state index < -0.39 is 0 Å². The topological polar surface area (TPSA) is 38.0 Å². The molecule has 2 aromatic carbocycles. The average molecular weight is 279 g/mol. The van der Waals surface area contributed by atoms with Crippen molar-refractivity contribution < 1.29 is 4.39 Å². The summed E-state index contributed by atoms with van der Waals surface area (Å²) in [5.41, 5.74) is 5.30. The highest BCUT2D eigenvalue weighted by atomic mass is 35.5. The van der Waals surface area contributed by atoms with Gasteiger partial charge in [-0.1, -0.05) is 47.5 Å². The van der Waals surface area contributed by atoms with Crippen LogP contribution in [0.5, 0.6) is 0 Å². The molecule has 0 aliphatic carbocycles. The summed E-state index contributed by atoms with van der Waals surface area (Å²) in [6, 6.07) is 12.3. The van der Waals surface area contributed by atoms with E-state index in [1.54, 1.807) is 12.1 Å². The van der Waals surface area contributed by atoms with Crippen molar-refractivity contribution in [3.05, 3.63) is 70.0 Å². The second-order valence-electron chi connectivity index (χ2n) is 4.55. The van der Waals surface area contributed by atoms with Gasteiger partial charge in [-0.05, 0) is 31.0 Å². The molecule has 1 atom stereocenters. The lowest BCUT2D eigenvalue weighted by Crippen LogP contribution is -2.30. The summed E-state index contributed by atoms with van der Waals surface area (Å²) in [6.07, 6.45) is 0.582. The Morgan fingerprint density at radius 2 is 2.00 bits per heavy atom. The fourth-order valence-electron chi connectivity index (χ4n) is 2.16. The van der Waals surface area contributed by atoms with E-state index in [0.29, 0.717) is 17.0 Å². The molecule has 0 heterocycles. The lowest BCUT2D eigenvalue weighted by atomic mass is 9.98. The molecule has 0 bridgehead atoms. The Labute approximate surface area is 117 Å². The van der Waals surface area contributed by atoms with Crippen molar-refractivity contribution in [1.29, 1.82) is 0 Å². The minimum Gasteiger partial charge on any atom is -0.271 e. The van der Waals surface area contributed by atoms with Crippen LogP contribution in [-0.2, 0) is 6.42 Å². The van der Waals surface area contributed by atoms with Gasteiger partial charge in [0.25, 0.3) is 0 Å². The third kappa shape index (κ3) is 3.32. The fourth-order valence-corrected chi connectivity index (χ4v) is 2.46. The Hall–Kier alpha value is -1.42. The van der Waals surface area contributed by atoms with Gasteiger partial charge in [0.2, 0.25) is 0 Å².